The van der Waals surface area contributed by atoms with E-state index in [1.807, 2.05) is 21.9 Å². The number of fused-ring (bicyclic) bond motifs is 2. The van der Waals surface area contributed by atoms with Crippen LogP contribution in [0.1, 0.15) is 97.2 Å². The Balaban J connectivity index is 0.725. The smallest absolute Gasteiger partial charge is 0.490 e. The molecule has 6 heterocycles. The van der Waals surface area contributed by atoms with Gasteiger partial charge in [-0.3, -0.25) is 24.1 Å². The van der Waals surface area contributed by atoms with Crippen LogP contribution in [0.3, 0.4) is 0 Å². The van der Waals surface area contributed by atoms with Crippen LogP contribution >= 0.6 is 11.6 Å². The number of amides is 4. The number of carbonyl (C=O) groups excluding carboxylic acids is 5. The normalized spacial score (nSPS) is 22.8. The largest absolute Gasteiger partial charge is 0.510 e. The van der Waals surface area contributed by atoms with Gasteiger partial charge in [0.05, 0.1) is 47.3 Å². The Morgan fingerprint density at radius 2 is 1.61 bits per heavy atom. The third-order valence-electron chi connectivity index (χ3n) is 13.9. The predicted molar refractivity (Wildman–Crippen MR) is 241 cm³/mol. The first-order chi connectivity index (χ1) is 31.8. The van der Waals surface area contributed by atoms with Gasteiger partial charge in [0.25, 0.3) is 17.7 Å². The molecule has 9 rings (SSSR count). The number of hydrogen-bond acceptors (Lipinski definition) is 12. The van der Waals surface area contributed by atoms with E-state index in [1.165, 1.54) is 11.0 Å². The average Bonchev–Trinajstić information content (AvgIpc) is 3.80. The third-order valence-corrected chi connectivity index (χ3v) is 14.2. The second kappa shape index (κ2) is 19.1. The molecule has 16 nitrogen and oxygen atoms in total. The number of anilines is 2. The molecule has 1 saturated carbocycles. The Morgan fingerprint density at radius 1 is 0.864 bits per heavy atom. The summed E-state index contributed by atoms with van der Waals surface area (Å²) in [5.74, 6) is -0.000418. The lowest BCUT2D eigenvalue weighted by Gasteiger charge is -2.40. The van der Waals surface area contributed by atoms with Gasteiger partial charge in [-0.1, -0.05) is 17.7 Å². The number of carbonyl (C=O) groups is 5. The van der Waals surface area contributed by atoms with Crippen molar-refractivity contribution >= 4 is 58.6 Å². The Kier molecular flexibility index (Phi) is 13.1. The van der Waals surface area contributed by atoms with Gasteiger partial charge in [-0.05, 0) is 107 Å². The van der Waals surface area contributed by atoms with Crippen molar-refractivity contribution in [3.05, 3.63) is 87.1 Å². The number of piperidine rings is 2. The summed E-state index contributed by atoms with van der Waals surface area (Å²) in [7, 11) is 0. The van der Waals surface area contributed by atoms with E-state index >= 15 is 4.39 Å². The molecule has 1 unspecified atom stereocenters. The van der Waals surface area contributed by atoms with Crippen molar-refractivity contribution in [2.75, 3.05) is 62.3 Å². The number of ether oxygens (including phenoxy) is 3. The fourth-order valence-electron chi connectivity index (χ4n) is 10.3. The number of hydrogen-bond donors (Lipinski definition) is 0. The van der Waals surface area contributed by atoms with Gasteiger partial charge < -0.3 is 33.8 Å². The maximum absolute atomic E-state index is 15.7. The summed E-state index contributed by atoms with van der Waals surface area (Å²) in [4.78, 5) is 84.4. The molecular formula is C48H54ClFN8O8. The van der Waals surface area contributed by atoms with Crippen LogP contribution in [0.2, 0.25) is 5.02 Å². The van der Waals surface area contributed by atoms with Gasteiger partial charge in [0.15, 0.2) is 6.73 Å². The standard InChI is InChI=1S/C48H54ClFN8O8/c1-29(2)65-48(63)64-28-58-44(59)13-11-41(47(58)62)57-26-31-22-42(38(50)24-36(31)46(57)61)54-20-18-53(19-21-54)25-30-14-16-55(17-15-30)43-12-9-35-40(52-43)27-56(45(35)60)32-4-6-33(7-5-32)66-34-8-10-39(51-3)37(49)23-34/h8-10,12,22-24,29-30,32-33,41H,4-7,11,13-21,25-28H2,1-2H3. The van der Waals surface area contributed by atoms with Crippen molar-refractivity contribution in [2.24, 2.45) is 5.92 Å². The Morgan fingerprint density at radius 3 is 2.32 bits per heavy atom. The number of piperazine rings is 1. The SMILES string of the molecule is [C-]#[N+]c1ccc(OC2CCC(N3Cc4nc(N5CCC(CN6CCN(c7cc8c(cc7F)C(=O)N(C7CCC(=O)N(COC(=O)OC(C)C)C7=O)C8)CC6)CC5)ccc4C3=O)CC2)cc1Cl. The van der Waals surface area contributed by atoms with E-state index in [2.05, 4.69) is 14.6 Å². The van der Waals surface area contributed by atoms with Crippen molar-refractivity contribution < 1.29 is 42.6 Å². The maximum Gasteiger partial charge on any atom is 0.510 e. The molecule has 2 aromatic carbocycles. The van der Waals surface area contributed by atoms with E-state index in [-0.39, 0.29) is 43.0 Å². The van der Waals surface area contributed by atoms with Gasteiger partial charge in [0, 0.05) is 70.4 Å². The fraction of sp³-hybridized carbons (Fsp3) is 0.521. The van der Waals surface area contributed by atoms with E-state index in [1.54, 1.807) is 38.1 Å². The first-order valence-corrected chi connectivity index (χ1v) is 23.4. The van der Waals surface area contributed by atoms with Gasteiger partial charge in [-0.15, -0.1) is 0 Å². The van der Waals surface area contributed by atoms with Crippen molar-refractivity contribution in [2.45, 2.75) is 103 Å². The number of aromatic nitrogens is 1. The number of likely N-dealkylation sites (tertiary alicyclic amines) is 1. The number of pyridine rings is 1. The van der Waals surface area contributed by atoms with Gasteiger partial charge >= 0.3 is 6.16 Å². The number of imide groups is 1. The first-order valence-electron chi connectivity index (χ1n) is 23.0. The summed E-state index contributed by atoms with van der Waals surface area (Å²) in [6.45, 7) is 16.0. The third kappa shape index (κ3) is 9.35. The summed E-state index contributed by atoms with van der Waals surface area (Å²) < 4.78 is 31.8. The summed E-state index contributed by atoms with van der Waals surface area (Å²) in [6, 6.07) is 11.2. The molecule has 3 aromatic rings. The van der Waals surface area contributed by atoms with Crippen LogP contribution in [0, 0.1) is 18.3 Å². The van der Waals surface area contributed by atoms with Crippen molar-refractivity contribution in [3.63, 3.8) is 0 Å². The number of rotatable bonds is 11. The number of halogens is 2. The fourth-order valence-corrected chi connectivity index (χ4v) is 10.5. The molecule has 348 valence electrons. The summed E-state index contributed by atoms with van der Waals surface area (Å²) in [6.07, 6.45) is 4.05. The molecule has 4 fully saturated rings. The molecule has 1 aromatic heterocycles. The average molecular weight is 925 g/mol. The van der Waals surface area contributed by atoms with Crippen LogP contribution in [-0.2, 0) is 32.2 Å². The Labute approximate surface area is 388 Å². The van der Waals surface area contributed by atoms with E-state index < -0.39 is 48.6 Å². The molecule has 0 bridgehead atoms. The molecule has 18 heteroatoms. The lowest BCUT2D eigenvalue weighted by molar-refractivity contribution is -0.157. The quantitative estimate of drug-likeness (QED) is 0.113. The zero-order valence-electron chi connectivity index (χ0n) is 37.3. The van der Waals surface area contributed by atoms with E-state index in [0.717, 1.165) is 87.7 Å². The second-order valence-corrected chi connectivity index (χ2v) is 18.8. The monoisotopic (exact) mass is 924 g/mol. The van der Waals surface area contributed by atoms with Crippen LogP contribution in [0.5, 0.6) is 5.75 Å². The lowest BCUT2D eigenvalue weighted by Crippen LogP contribution is -2.55. The van der Waals surface area contributed by atoms with Crippen molar-refractivity contribution in [1.82, 2.24) is 24.6 Å². The summed E-state index contributed by atoms with van der Waals surface area (Å²) in [5.41, 5.74) is 3.19. The number of benzene rings is 2. The van der Waals surface area contributed by atoms with Gasteiger partial charge in [0.1, 0.15) is 23.4 Å². The highest BCUT2D eigenvalue weighted by molar-refractivity contribution is 6.33. The van der Waals surface area contributed by atoms with E-state index in [4.69, 9.17) is 37.4 Å². The topological polar surface area (TPSA) is 150 Å². The van der Waals surface area contributed by atoms with Crippen LogP contribution < -0.4 is 14.5 Å². The molecule has 6 aliphatic rings. The molecule has 1 aliphatic carbocycles. The van der Waals surface area contributed by atoms with Gasteiger partial charge in [-0.25, -0.2) is 23.9 Å². The second-order valence-electron chi connectivity index (χ2n) is 18.4. The lowest BCUT2D eigenvalue weighted by atomic mass is 9.92. The Hall–Kier alpha value is -5.99. The molecule has 1 atom stereocenters. The van der Waals surface area contributed by atoms with E-state index in [9.17, 15) is 24.0 Å². The van der Waals surface area contributed by atoms with Crippen LogP contribution in [-0.4, -0.2) is 131 Å². The van der Waals surface area contributed by atoms with Crippen molar-refractivity contribution in [1.29, 1.82) is 0 Å². The highest BCUT2D eigenvalue weighted by Gasteiger charge is 2.44. The van der Waals surface area contributed by atoms with Crippen LogP contribution in [0.25, 0.3) is 4.85 Å². The highest BCUT2D eigenvalue weighted by atomic mass is 35.5. The van der Waals surface area contributed by atoms with Gasteiger partial charge in [0.2, 0.25) is 11.6 Å². The van der Waals surface area contributed by atoms with Crippen LogP contribution in [0.4, 0.5) is 26.4 Å². The molecule has 4 amide bonds. The Bertz CT molecular complexity index is 2440. The van der Waals surface area contributed by atoms with Crippen molar-refractivity contribution in [3.8, 4) is 5.75 Å². The summed E-state index contributed by atoms with van der Waals surface area (Å²) >= 11 is 6.21. The maximum atomic E-state index is 15.7. The molecular weight excluding hydrogens is 871 g/mol. The van der Waals surface area contributed by atoms with Crippen LogP contribution in [0.15, 0.2) is 42.5 Å². The molecule has 66 heavy (non-hydrogen) atoms. The minimum Gasteiger partial charge on any atom is -0.490 e. The predicted octanol–water partition coefficient (Wildman–Crippen LogP) is 6.80. The minimum absolute atomic E-state index is 0.0158. The zero-order valence-corrected chi connectivity index (χ0v) is 38.0. The highest BCUT2D eigenvalue weighted by Crippen LogP contribution is 2.37. The first kappa shape index (κ1) is 45.2. The summed E-state index contributed by atoms with van der Waals surface area (Å²) in [5, 5.41) is 0.384. The molecule has 0 spiro atoms. The van der Waals surface area contributed by atoms with E-state index in [0.29, 0.717) is 58.8 Å². The molecule has 3 saturated heterocycles. The molecule has 0 N–H and O–H groups in total. The number of nitrogens with zero attached hydrogens (tertiary/aromatic N) is 8. The molecule has 5 aliphatic heterocycles. The van der Waals surface area contributed by atoms with Gasteiger partial charge in [-0.2, -0.15) is 0 Å². The molecule has 0 radical (unpaired) electrons. The minimum atomic E-state index is -1.01. The zero-order chi connectivity index (χ0) is 46.2.